The van der Waals surface area contributed by atoms with Crippen LogP contribution in [-0.4, -0.2) is 74.2 Å². The van der Waals surface area contributed by atoms with Gasteiger partial charge in [0.05, 0.1) is 24.6 Å². The summed E-state index contributed by atoms with van der Waals surface area (Å²) in [5.74, 6) is -0.0418. The average Bonchev–Trinajstić information content (AvgIpc) is 2.75. The number of rotatable bonds is 5. The summed E-state index contributed by atoms with van der Waals surface area (Å²) in [4.78, 5) is 31.4. The number of likely N-dealkylation sites (tertiary alicyclic amines) is 1. The maximum Gasteiger partial charge on any atom is 0.319 e. The SMILES string of the molecule is CCN(CC)C(=O)N1CCC(C(=O)Nc2cc(Br)ccc2N2CCOCC2)CC1. The summed E-state index contributed by atoms with van der Waals surface area (Å²) < 4.78 is 6.38. The molecule has 29 heavy (non-hydrogen) atoms. The van der Waals surface area contributed by atoms with Crippen LogP contribution in [0.2, 0.25) is 0 Å². The minimum absolute atomic E-state index is 0.0348. The van der Waals surface area contributed by atoms with Gasteiger partial charge in [0.25, 0.3) is 0 Å². The molecule has 0 aliphatic carbocycles. The van der Waals surface area contributed by atoms with Crippen LogP contribution in [0.1, 0.15) is 26.7 Å². The van der Waals surface area contributed by atoms with Crippen molar-refractivity contribution in [2.75, 3.05) is 62.7 Å². The molecule has 2 aliphatic rings. The van der Waals surface area contributed by atoms with Crippen LogP contribution < -0.4 is 10.2 Å². The van der Waals surface area contributed by atoms with E-state index in [-0.39, 0.29) is 17.9 Å². The summed E-state index contributed by atoms with van der Waals surface area (Å²) in [6.07, 6.45) is 1.39. The van der Waals surface area contributed by atoms with Crippen molar-refractivity contribution in [3.05, 3.63) is 22.7 Å². The second-order valence-electron chi connectivity index (χ2n) is 7.47. The Morgan fingerprint density at radius 1 is 1.14 bits per heavy atom. The van der Waals surface area contributed by atoms with Gasteiger partial charge in [0.2, 0.25) is 5.91 Å². The van der Waals surface area contributed by atoms with Crippen molar-refractivity contribution in [3.8, 4) is 0 Å². The van der Waals surface area contributed by atoms with Crippen LogP contribution in [0.3, 0.4) is 0 Å². The van der Waals surface area contributed by atoms with Gasteiger partial charge in [-0.15, -0.1) is 0 Å². The maximum absolute atomic E-state index is 13.0. The average molecular weight is 467 g/mol. The monoisotopic (exact) mass is 466 g/mol. The van der Waals surface area contributed by atoms with E-state index in [0.29, 0.717) is 52.2 Å². The molecule has 3 rings (SSSR count). The Kier molecular flexibility index (Phi) is 7.77. The van der Waals surface area contributed by atoms with E-state index in [1.807, 2.05) is 41.8 Å². The summed E-state index contributed by atoms with van der Waals surface area (Å²) in [5.41, 5.74) is 1.85. The number of carbonyl (C=O) groups is 2. The van der Waals surface area contributed by atoms with Crippen LogP contribution in [0.25, 0.3) is 0 Å². The molecule has 1 aromatic rings. The van der Waals surface area contributed by atoms with Gasteiger partial charge in [0.15, 0.2) is 0 Å². The van der Waals surface area contributed by atoms with E-state index in [1.54, 1.807) is 0 Å². The zero-order valence-electron chi connectivity index (χ0n) is 17.3. The second kappa shape index (κ2) is 10.3. The largest absolute Gasteiger partial charge is 0.378 e. The number of hydrogen-bond donors (Lipinski definition) is 1. The highest BCUT2D eigenvalue weighted by atomic mass is 79.9. The highest BCUT2D eigenvalue weighted by Crippen LogP contribution is 2.31. The Morgan fingerprint density at radius 2 is 1.79 bits per heavy atom. The van der Waals surface area contributed by atoms with E-state index in [9.17, 15) is 9.59 Å². The minimum Gasteiger partial charge on any atom is -0.378 e. The number of amides is 3. The molecule has 8 heteroatoms. The first kappa shape index (κ1) is 21.9. The quantitative estimate of drug-likeness (QED) is 0.721. The van der Waals surface area contributed by atoms with Crippen molar-refractivity contribution < 1.29 is 14.3 Å². The van der Waals surface area contributed by atoms with Crippen LogP contribution >= 0.6 is 15.9 Å². The van der Waals surface area contributed by atoms with Gasteiger partial charge in [-0.3, -0.25) is 4.79 Å². The number of ether oxygens (including phenoxy) is 1. The van der Waals surface area contributed by atoms with Gasteiger partial charge in [0.1, 0.15) is 0 Å². The topological polar surface area (TPSA) is 65.1 Å². The molecule has 0 saturated carbocycles. The van der Waals surface area contributed by atoms with Crippen molar-refractivity contribution in [2.45, 2.75) is 26.7 Å². The fourth-order valence-electron chi connectivity index (χ4n) is 3.95. The molecular formula is C21H31BrN4O3. The third kappa shape index (κ3) is 5.42. The van der Waals surface area contributed by atoms with Crippen LogP contribution in [0.15, 0.2) is 22.7 Å². The first-order valence-electron chi connectivity index (χ1n) is 10.5. The zero-order valence-corrected chi connectivity index (χ0v) is 18.9. The lowest BCUT2D eigenvalue weighted by Gasteiger charge is -2.35. The molecule has 0 unspecified atom stereocenters. The number of anilines is 2. The van der Waals surface area contributed by atoms with Crippen molar-refractivity contribution in [2.24, 2.45) is 5.92 Å². The Hall–Kier alpha value is -1.80. The Balaban J connectivity index is 1.61. The summed E-state index contributed by atoms with van der Waals surface area (Å²) in [6, 6.07) is 6.08. The maximum atomic E-state index is 13.0. The van der Waals surface area contributed by atoms with Crippen molar-refractivity contribution >= 4 is 39.2 Å². The molecular weight excluding hydrogens is 436 g/mol. The standard InChI is InChI=1S/C21H31BrN4O3/c1-3-24(4-2)21(28)26-9-7-16(8-10-26)20(27)23-18-15-17(22)5-6-19(18)25-11-13-29-14-12-25/h5-6,15-16H,3-4,7-14H2,1-2H3,(H,23,27). The van der Waals surface area contributed by atoms with Gasteiger partial charge >= 0.3 is 6.03 Å². The first-order chi connectivity index (χ1) is 14.0. The number of nitrogens with zero attached hydrogens (tertiary/aromatic N) is 3. The number of nitrogens with one attached hydrogen (secondary N) is 1. The Labute approximate surface area is 181 Å². The molecule has 3 amide bonds. The highest BCUT2D eigenvalue weighted by molar-refractivity contribution is 9.10. The van der Waals surface area contributed by atoms with Gasteiger partial charge in [-0.1, -0.05) is 15.9 Å². The van der Waals surface area contributed by atoms with E-state index in [0.717, 1.165) is 28.9 Å². The number of piperidine rings is 1. The highest BCUT2D eigenvalue weighted by Gasteiger charge is 2.29. The summed E-state index contributed by atoms with van der Waals surface area (Å²) in [5, 5.41) is 3.14. The van der Waals surface area contributed by atoms with E-state index < -0.39 is 0 Å². The smallest absolute Gasteiger partial charge is 0.319 e. The van der Waals surface area contributed by atoms with Crippen LogP contribution in [-0.2, 0) is 9.53 Å². The van der Waals surface area contributed by atoms with Gasteiger partial charge < -0.3 is 24.8 Å². The van der Waals surface area contributed by atoms with Gasteiger partial charge in [0, 0.05) is 49.7 Å². The van der Waals surface area contributed by atoms with E-state index in [2.05, 4.69) is 26.1 Å². The lowest BCUT2D eigenvalue weighted by Crippen LogP contribution is -2.47. The molecule has 2 fully saturated rings. The summed E-state index contributed by atoms with van der Waals surface area (Å²) in [7, 11) is 0. The number of hydrogen-bond acceptors (Lipinski definition) is 4. The summed E-state index contributed by atoms with van der Waals surface area (Å²) in [6.45, 7) is 9.69. The molecule has 0 bridgehead atoms. The molecule has 0 spiro atoms. The van der Waals surface area contributed by atoms with E-state index >= 15 is 0 Å². The lowest BCUT2D eigenvalue weighted by molar-refractivity contribution is -0.121. The molecule has 2 heterocycles. The zero-order chi connectivity index (χ0) is 20.8. The van der Waals surface area contributed by atoms with Crippen molar-refractivity contribution in [1.82, 2.24) is 9.80 Å². The molecule has 0 aromatic heterocycles. The predicted molar refractivity (Wildman–Crippen MR) is 118 cm³/mol. The number of benzene rings is 1. The number of carbonyl (C=O) groups excluding carboxylic acids is 2. The van der Waals surface area contributed by atoms with Crippen LogP contribution in [0, 0.1) is 5.92 Å². The molecule has 2 aliphatic heterocycles. The fourth-order valence-corrected chi connectivity index (χ4v) is 4.31. The molecule has 0 atom stereocenters. The third-order valence-corrected chi connectivity index (χ3v) is 6.23. The van der Waals surface area contributed by atoms with Crippen molar-refractivity contribution in [3.63, 3.8) is 0 Å². The number of urea groups is 1. The Morgan fingerprint density at radius 3 is 2.41 bits per heavy atom. The molecule has 1 N–H and O–H groups in total. The van der Waals surface area contributed by atoms with Gasteiger partial charge in [-0.2, -0.15) is 0 Å². The molecule has 2 saturated heterocycles. The normalized spacial score (nSPS) is 17.9. The third-order valence-electron chi connectivity index (χ3n) is 5.74. The van der Waals surface area contributed by atoms with Crippen molar-refractivity contribution in [1.29, 1.82) is 0 Å². The lowest BCUT2D eigenvalue weighted by atomic mass is 9.96. The minimum atomic E-state index is -0.0766. The van der Waals surface area contributed by atoms with E-state index in [4.69, 9.17) is 4.74 Å². The predicted octanol–water partition coefficient (Wildman–Crippen LogP) is 3.40. The molecule has 7 nitrogen and oxygen atoms in total. The second-order valence-corrected chi connectivity index (χ2v) is 8.38. The first-order valence-corrected chi connectivity index (χ1v) is 11.3. The molecule has 0 radical (unpaired) electrons. The van der Waals surface area contributed by atoms with Crippen LogP contribution in [0.5, 0.6) is 0 Å². The van der Waals surface area contributed by atoms with Gasteiger partial charge in [-0.25, -0.2) is 4.79 Å². The molecule has 160 valence electrons. The van der Waals surface area contributed by atoms with Crippen LogP contribution in [0.4, 0.5) is 16.2 Å². The molecule has 1 aromatic carbocycles. The Bertz CT molecular complexity index is 712. The summed E-state index contributed by atoms with van der Waals surface area (Å²) >= 11 is 3.51. The fraction of sp³-hybridized carbons (Fsp3) is 0.619. The van der Waals surface area contributed by atoms with Gasteiger partial charge in [-0.05, 0) is 44.9 Å². The number of morpholine rings is 1. The van der Waals surface area contributed by atoms with E-state index in [1.165, 1.54) is 0 Å². The number of halogens is 1.